The lowest BCUT2D eigenvalue weighted by Crippen LogP contribution is -2.41. The standard InChI is InChI=1S/C25H23BF4N2O5S/c1-24(2)25(3,4)37-26(36-24)15-6-8-16(9-7-15)32-38(34,35)21-11-14(5-10-18(21)27)23(33)31-17-12-19(28)22(30)20(29)13-17/h5-13,32H,1-4H3,(H,31,33). The number of benzene rings is 3. The summed E-state index contributed by atoms with van der Waals surface area (Å²) in [7, 11) is -5.16. The highest BCUT2D eigenvalue weighted by Crippen LogP contribution is 2.36. The zero-order valence-corrected chi connectivity index (χ0v) is 21.6. The van der Waals surface area contributed by atoms with Crippen LogP contribution in [0.1, 0.15) is 38.1 Å². The molecule has 1 amide bonds. The Kier molecular flexibility index (Phi) is 7.06. The molecule has 0 saturated carbocycles. The van der Waals surface area contributed by atoms with Gasteiger partial charge < -0.3 is 14.6 Å². The normalized spacial score (nSPS) is 16.4. The zero-order valence-electron chi connectivity index (χ0n) is 20.7. The van der Waals surface area contributed by atoms with E-state index in [0.717, 1.165) is 18.2 Å². The van der Waals surface area contributed by atoms with E-state index in [1.165, 1.54) is 12.1 Å². The molecule has 1 aliphatic rings. The number of carbonyl (C=O) groups excluding carboxylic acids is 1. The van der Waals surface area contributed by atoms with Gasteiger partial charge in [0.05, 0.1) is 11.2 Å². The van der Waals surface area contributed by atoms with Crippen molar-refractivity contribution in [3.05, 3.63) is 83.4 Å². The number of amides is 1. The van der Waals surface area contributed by atoms with Crippen molar-refractivity contribution in [3.63, 3.8) is 0 Å². The molecule has 1 aliphatic heterocycles. The van der Waals surface area contributed by atoms with Crippen LogP contribution in [0.5, 0.6) is 0 Å². The average Bonchev–Trinajstić information content (AvgIpc) is 3.04. The number of anilines is 2. The topological polar surface area (TPSA) is 93.7 Å². The van der Waals surface area contributed by atoms with Crippen molar-refractivity contribution in [1.29, 1.82) is 0 Å². The van der Waals surface area contributed by atoms with Crippen LogP contribution in [0.4, 0.5) is 28.9 Å². The highest BCUT2D eigenvalue weighted by molar-refractivity contribution is 7.92. The minimum atomic E-state index is -4.50. The predicted octanol–water partition coefficient (Wildman–Crippen LogP) is 4.60. The van der Waals surface area contributed by atoms with Gasteiger partial charge in [-0.05, 0) is 63.5 Å². The van der Waals surface area contributed by atoms with E-state index in [2.05, 4.69) is 10.0 Å². The van der Waals surface area contributed by atoms with Crippen LogP contribution in [-0.2, 0) is 19.3 Å². The van der Waals surface area contributed by atoms with Crippen molar-refractivity contribution in [2.24, 2.45) is 0 Å². The van der Waals surface area contributed by atoms with Gasteiger partial charge in [-0.3, -0.25) is 9.52 Å². The molecule has 0 atom stereocenters. The maximum Gasteiger partial charge on any atom is 0.494 e. The van der Waals surface area contributed by atoms with Crippen LogP contribution in [0, 0.1) is 23.3 Å². The van der Waals surface area contributed by atoms with Gasteiger partial charge in [-0.25, -0.2) is 26.0 Å². The lowest BCUT2D eigenvalue weighted by molar-refractivity contribution is 0.00578. The van der Waals surface area contributed by atoms with Gasteiger partial charge >= 0.3 is 7.12 Å². The van der Waals surface area contributed by atoms with Crippen molar-refractivity contribution >= 4 is 39.9 Å². The second-order valence-corrected chi connectivity index (χ2v) is 11.3. The Bertz CT molecular complexity index is 1480. The van der Waals surface area contributed by atoms with E-state index in [4.69, 9.17) is 9.31 Å². The molecule has 0 bridgehead atoms. The minimum absolute atomic E-state index is 0.108. The summed E-state index contributed by atoms with van der Waals surface area (Å²) < 4.78 is 94.5. The molecule has 0 spiro atoms. The molecule has 1 saturated heterocycles. The minimum Gasteiger partial charge on any atom is -0.399 e. The summed E-state index contributed by atoms with van der Waals surface area (Å²) in [6.07, 6.45) is 0. The van der Waals surface area contributed by atoms with Crippen molar-refractivity contribution in [3.8, 4) is 0 Å². The van der Waals surface area contributed by atoms with Crippen molar-refractivity contribution < 1.29 is 40.1 Å². The number of nitrogens with one attached hydrogen (secondary N) is 2. The zero-order chi connectivity index (χ0) is 28.0. The van der Waals surface area contributed by atoms with E-state index >= 15 is 0 Å². The molecule has 0 aromatic heterocycles. The summed E-state index contributed by atoms with van der Waals surface area (Å²) in [4.78, 5) is 11.7. The third-order valence-corrected chi connectivity index (χ3v) is 7.81. The van der Waals surface area contributed by atoms with Gasteiger partial charge in [0.25, 0.3) is 15.9 Å². The van der Waals surface area contributed by atoms with Gasteiger partial charge in [0, 0.05) is 29.1 Å². The summed E-state index contributed by atoms with van der Waals surface area (Å²) in [5.41, 5.74) is -1.12. The van der Waals surface area contributed by atoms with Crippen molar-refractivity contribution in [1.82, 2.24) is 0 Å². The van der Waals surface area contributed by atoms with E-state index in [9.17, 15) is 30.8 Å². The molecule has 3 aromatic carbocycles. The Morgan fingerprint density at radius 1 is 0.789 bits per heavy atom. The molecule has 200 valence electrons. The molecule has 4 rings (SSSR count). The molecule has 2 N–H and O–H groups in total. The molecule has 0 aliphatic carbocycles. The van der Waals surface area contributed by atoms with Gasteiger partial charge in [0.15, 0.2) is 17.5 Å². The summed E-state index contributed by atoms with van der Waals surface area (Å²) in [6.45, 7) is 7.59. The highest BCUT2D eigenvalue weighted by Gasteiger charge is 2.51. The molecule has 0 radical (unpaired) electrons. The second-order valence-electron chi connectivity index (χ2n) is 9.67. The Morgan fingerprint density at radius 3 is 1.89 bits per heavy atom. The molecule has 7 nitrogen and oxygen atoms in total. The van der Waals surface area contributed by atoms with Crippen molar-refractivity contribution in [2.45, 2.75) is 43.8 Å². The quantitative estimate of drug-likeness (QED) is 0.266. The predicted molar refractivity (Wildman–Crippen MR) is 134 cm³/mol. The Hall–Kier alpha value is -3.42. The molecule has 13 heteroatoms. The molecule has 3 aromatic rings. The maximum atomic E-state index is 14.5. The van der Waals surface area contributed by atoms with Crippen LogP contribution >= 0.6 is 0 Å². The van der Waals surface area contributed by atoms with Crippen molar-refractivity contribution in [2.75, 3.05) is 10.0 Å². The number of rotatable bonds is 6. The Balaban J connectivity index is 1.52. The molecular formula is C25H23BF4N2O5S. The third-order valence-electron chi connectivity index (χ3n) is 6.41. The van der Waals surface area contributed by atoms with E-state index in [1.54, 1.807) is 12.1 Å². The fraction of sp³-hybridized carbons (Fsp3) is 0.240. The van der Waals surface area contributed by atoms with Crippen LogP contribution in [0.25, 0.3) is 0 Å². The number of hydrogen-bond donors (Lipinski definition) is 2. The first-order chi connectivity index (χ1) is 17.6. The Morgan fingerprint density at radius 2 is 1.34 bits per heavy atom. The third kappa shape index (κ3) is 5.40. The fourth-order valence-electron chi connectivity index (χ4n) is 3.58. The first kappa shape index (κ1) is 27.6. The van der Waals surface area contributed by atoms with Crippen LogP contribution < -0.4 is 15.5 Å². The number of halogens is 4. The number of carbonyl (C=O) groups is 1. The van der Waals surface area contributed by atoms with E-state index in [0.29, 0.717) is 17.6 Å². The van der Waals surface area contributed by atoms with Crippen LogP contribution in [0.2, 0.25) is 0 Å². The first-order valence-electron chi connectivity index (χ1n) is 11.3. The van der Waals surface area contributed by atoms with Gasteiger partial charge in [0.1, 0.15) is 10.7 Å². The molecular weight excluding hydrogens is 527 g/mol. The SMILES string of the molecule is CC1(C)OB(c2ccc(NS(=O)(=O)c3cc(C(=O)Nc4cc(F)c(F)c(F)c4)ccc3F)cc2)OC1(C)C. The van der Waals surface area contributed by atoms with E-state index in [-0.39, 0.29) is 11.3 Å². The summed E-state index contributed by atoms with van der Waals surface area (Å²) >= 11 is 0. The second kappa shape index (κ2) is 9.72. The van der Waals surface area contributed by atoms with Gasteiger partial charge in [0.2, 0.25) is 0 Å². The summed E-state index contributed by atoms with van der Waals surface area (Å²) in [5.74, 6) is -6.92. The smallest absolute Gasteiger partial charge is 0.399 e. The highest BCUT2D eigenvalue weighted by atomic mass is 32.2. The monoisotopic (exact) mass is 550 g/mol. The van der Waals surface area contributed by atoms with Gasteiger partial charge in [-0.1, -0.05) is 12.1 Å². The molecule has 38 heavy (non-hydrogen) atoms. The number of sulfonamides is 1. The first-order valence-corrected chi connectivity index (χ1v) is 12.8. The molecule has 1 heterocycles. The lowest BCUT2D eigenvalue weighted by atomic mass is 9.79. The van der Waals surface area contributed by atoms with E-state index < -0.39 is 68.1 Å². The van der Waals surface area contributed by atoms with Gasteiger partial charge in [-0.2, -0.15) is 0 Å². The molecule has 0 unspecified atom stereocenters. The van der Waals surface area contributed by atoms with E-state index in [1.807, 2.05) is 27.7 Å². The summed E-state index contributed by atoms with van der Waals surface area (Å²) in [6, 6.07) is 9.70. The maximum absolute atomic E-state index is 14.5. The van der Waals surface area contributed by atoms with Crippen LogP contribution in [0.15, 0.2) is 59.5 Å². The fourth-order valence-corrected chi connectivity index (χ4v) is 4.74. The van der Waals surface area contributed by atoms with Crippen LogP contribution in [-0.4, -0.2) is 32.6 Å². The lowest BCUT2D eigenvalue weighted by Gasteiger charge is -2.32. The summed E-state index contributed by atoms with van der Waals surface area (Å²) in [5, 5.41) is 2.11. The molecule has 1 fully saturated rings. The largest absolute Gasteiger partial charge is 0.494 e. The Labute approximate surface area is 217 Å². The van der Waals surface area contributed by atoms with Crippen LogP contribution in [0.3, 0.4) is 0 Å². The average molecular weight is 550 g/mol. The van der Waals surface area contributed by atoms with Gasteiger partial charge in [-0.15, -0.1) is 0 Å². The number of hydrogen-bond acceptors (Lipinski definition) is 5.